The highest BCUT2D eigenvalue weighted by molar-refractivity contribution is 5.74. The van der Waals surface area contributed by atoms with Crippen LogP contribution in [0.4, 0.5) is 0 Å². The van der Waals surface area contributed by atoms with E-state index in [0.29, 0.717) is 35.4 Å². The van der Waals surface area contributed by atoms with Crippen molar-refractivity contribution in [1.82, 2.24) is 0 Å². The molecule has 0 amide bonds. The first-order valence-electron chi connectivity index (χ1n) is 9.02. The third kappa shape index (κ3) is 1.95. The normalized spacial score (nSPS) is 24.7. The molecular formula is C21H18O6. The Balaban J connectivity index is 1.49. The molecule has 1 N–H and O–H groups in total. The second-order valence-corrected chi connectivity index (χ2v) is 7.77. The Kier molecular flexibility index (Phi) is 2.69. The van der Waals surface area contributed by atoms with Crippen LogP contribution in [0.2, 0.25) is 0 Å². The molecule has 2 aromatic carbocycles. The van der Waals surface area contributed by atoms with Crippen molar-refractivity contribution in [2.75, 3.05) is 13.4 Å². The summed E-state index contributed by atoms with van der Waals surface area (Å²) >= 11 is 0. The van der Waals surface area contributed by atoms with Crippen molar-refractivity contribution in [3.05, 3.63) is 41.0 Å². The van der Waals surface area contributed by atoms with Crippen LogP contribution in [0.15, 0.2) is 24.3 Å². The minimum Gasteiger partial charge on any atom is -0.504 e. The fourth-order valence-corrected chi connectivity index (χ4v) is 4.27. The summed E-state index contributed by atoms with van der Waals surface area (Å²) in [6, 6.07) is 5.61. The Morgan fingerprint density at radius 3 is 2.78 bits per heavy atom. The minimum absolute atomic E-state index is 0.0318. The molecule has 2 aromatic rings. The lowest BCUT2D eigenvalue weighted by atomic mass is 9.87. The first-order valence-corrected chi connectivity index (χ1v) is 9.02. The zero-order valence-corrected chi connectivity index (χ0v) is 14.9. The molecule has 2 atom stereocenters. The molecule has 6 heteroatoms. The van der Waals surface area contributed by atoms with E-state index in [1.54, 1.807) is 6.07 Å². The summed E-state index contributed by atoms with van der Waals surface area (Å²) < 4.78 is 29.5. The highest BCUT2D eigenvalue weighted by Gasteiger charge is 2.45. The van der Waals surface area contributed by atoms with Crippen LogP contribution in [0.5, 0.6) is 34.5 Å². The lowest BCUT2D eigenvalue weighted by Crippen LogP contribution is -2.29. The molecule has 6 nitrogen and oxygen atoms in total. The van der Waals surface area contributed by atoms with Crippen molar-refractivity contribution in [3.8, 4) is 34.5 Å². The van der Waals surface area contributed by atoms with Crippen LogP contribution in [0.1, 0.15) is 42.6 Å². The fourth-order valence-electron chi connectivity index (χ4n) is 4.27. The Bertz CT molecular complexity index is 1020. The molecule has 0 saturated heterocycles. The lowest BCUT2D eigenvalue weighted by molar-refractivity contribution is 0.127. The number of rotatable bonds is 0. The van der Waals surface area contributed by atoms with Gasteiger partial charge in [-0.15, -0.1) is 0 Å². The Labute approximate surface area is 155 Å². The van der Waals surface area contributed by atoms with Crippen LogP contribution in [-0.4, -0.2) is 24.1 Å². The number of phenols is 1. The summed E-state index contributed by atoms with van der Waals surface area (Å²) in [4.78, 5) is 0. The van der Waals surface area contributed by atoms with Gasteiger partial charge < -0.3 is 28.8 Å². The smallest absolute Gasteiger partial charge is 0.231 e. The van der Waals surface area contributed by atoms with Crippen molar-refractivity contribution in [1.29, 1.82) is 0 Å². The van der Waals surface area contributed by atoms with Crippen LogP contribution >= 0.6 is 0 Å². The van der Waals surface area contributed by atoms with Gasteiger partial charge in [0.1, 0.15) is 17.5 Å². The second-order valence-electron chi connectivity index (χ2n) is 7.77. The van der Waals surface area contributed by atoms with Gasteiger partial charge in [-0.25, -0.2) is 0 Å². The molecular weight excluding hydrogens is 348 g/mol. The van der Waals surface area contributed by atoms with E-state index < -0.39 is 5.60 Å². The van der Waals surface area contributed by atoms with Gasteiger partial charge in [0.25, 0.3) is 0 Å². The molecule has 0 spiro atoms. The van der Waals surface area contributed by atoms with Crippen molar-refractivity contribution < 1.29 is 28.8 Å². The highest BCUT2D eigenvalue weighted by Crippen LogP contribution is 2.59. The second kappa shape index (κ2) is 4.82. The number of fused-ring (bicyclic) bond motifs is 9. The van der Waals surface area contributed by atoms with Gasteiger partial charge in [0, 0.05) is 11.1 Å². The molecule has 138 valence electrons. The molecule has 4 aliphatic heterocycles. The standard InChI is InChI=1S/C21H18O6/c1-21(2)6-5-11-16-12(7-14(22)18(11)27-21)17-13(8-23-16)10-3-4-15-20(19(10)26-17)25-9-24-15/h3-7,13,17,22H,8-9H2,1-2H3/t13-,17-/m1/s1. The molecule has 0 aliphatic carbocycles. The van der Waals surface area contributed by atoms with E-state index in [0.717, 1.165) is 16.7 Å². The Hall–Kier alpha value is -3.02. The maximum Gasteiger partial charge on any atom is 0.231 e. The molecule has 6 rings (SSSR count). The molecule has 27 heavy (non-hydrogen) atoms. The van der Waals surface area contributed by atoms with Crippen LogP contribution < -0.4 is 23.7 Å². The minimum atomic E-state index is -0.478. The molecule has 4 aliphatic rings. The number of ether oxygens (including phenoxy) is 5. The summed E-state index contributed by atoms with van der Waals surface area (Å²) in [6.07, 6.45) is 3.67. The molecule has 0 fully saturated rings. The quantitative estimate of drug-likeness (QED) is 0.762. The van der Waals surface area contributed by atoms with Crippen molar-refractivity contribution in [2.45, 2.75) is 31.5 Å². The van der Waals surface area contributed by atoms with Crippen LogP contribution in [0.25, 0.3) is 6.08 Å². The van der Waals surface area contributed by atoms with E-state index in [1.165, 1.54) is 0 Å². The molecule has 0 aromatic heterocycles. The van der Waals surface area contributed by atoms with Gasteiger partial charge in [-0.2, -0.15) is 0 Å². The van der Waals surface area contributed by atoms with E-state index in [1.807, 2.05) is 38.1 Å². The summed E-state index contributed by atoms with van der Waals surface area (Å²) in [5.74, 6) is 3.34. The molecule has 0 saturated carbocycles. The summed E-state index contributed by atoms with van der Waals surface area (Å²) in [7, 11) is 0. The molecule has 4 heterocycles. The number of benzene rings is 2. The van der Waals surface area contributed by atoms with Crippen molar-refractivity contribution in [2.24, 2.45) is 0 Å². The highest BCUT2D eigenvalue weighted by atomic mass is 16.7. The van der Waals surface area contributed by atoms with E-state index in [4.69, 9.17) is 23.7 Å². The number of phenolic OH excluding ortho intramolecular Hbond substituents is 1. The number of hydrogen-bond donors (Lipinski definition) is 1. The average Bonchev–Trinajstić information content (AvgIpc) is 3.25. The third-order valence-corrected chi connectivity index (χ3v) is 5.54. The zero-order chi connectivity index (χ0) is 18.3. The predicted molar refractivity (Wildman–Crippen MR) is 96.0 cm³/mol. The first kappa shape index (κ1) is 15.1. The molecule has 0 radical (unpaired) electrons. The maximum atomic E-state index is 10.6. The van der Waals surface area contributed by atoms with Crippen molar-refractivity contribution >= 4 is 6.08 Å². The molecule has 0 bridgehead atoms. The molecule has 0 unspecified atom stereocenters. The Morgan fingerprint density at radius 2 is 1.89 bits per heavy atom. The summed E-state index contributed by atoms with van der Waals surface area (Å²) in [5, 5.41) is 10.6. The average molecular weight is 366 g/mol. The topological polar surface area (TPSA) is 66.4 Å². The largest absolute Gasteiger partial charge is 0.504 e. The van der Waals surface area contributed by atoms with Gasteiger partial charge in [0.05, 0.1) is 18.1 Å². The van der Waals surface area contributed by atoms with Crippen LogP contribution in [-0.2, 0) is 0 Å². The third-order valence-electron chi connectivity index (χ3n) is 5.54. The SMILES string of the molecule is CC1(C)C=Cc2c(c(O)cc3c2OC[C@@H]2c4ccc5c(c4O[C@H]32)OCO5)O1. The van der Waals surface area contributed by atoms with E-state index >= 15 is 0 Å². The van der Waals surface area contributed by atoms with Gasteiger partial charge in [0.2, 0.25) is 12.5 Å². The van der Waals surface area contributed by atoms with Crippen molar-refractivity contribution in [3.63, 3.8) is 0 Å². The van der Waals surface area contributed by atoms with Gasteiger partial charge in [-0.1, -0.05) is 6.07 Å². The van der Waals surface area contributed by atoms with E-state index in [2.05, 4.69) is 0 Å². The van der Waals surface area contributed by atoms with Crippen LogP contribution in [0.3, 0.4) is 0 Å². The predicted octanol–water partition coefficient (Wildman–Crippen LogP) is 3.91. The summed E-state index contributed by atoms with van der Waals surface area (Å²) in [6.45, 7) is 4.58. The van der Waals surface area contributed by atoms with Gasteiger partial charge in [-0.3, -0.25) is 0 Å². The number of aromatic hydroxyl groups is 1. The van der Waals surface area contributed by atoms with Gasteiger partial charge in [0.15, 0.2) is 23.0 Å². The zero-order valence-electron chi connectivity index (χ0n) is 14.9. The van der Waals surface area contributed by atoms with Gasteiger partial charge in [-0.05, 0) is 38.1 Å². The van der Waals surface area contributed by atoms with E-state index in [-0.39, 0.29) is 24.6 Å². The van der Waals surface area contributed by atoms with E-state index in [9.17, 15) is 5.11 Å². The monoisotopic (exact) mass is 366 g/mol. The number of hydrogen-bond acceptors (Lipinski definition) is 6. The van der Waals surface area contributed by atoms with Crippen LogP contribution in [0, 0.1) is 0 Å². The first-order chi connectivity index (χ1) is 13.0. The Morgan fingerprint density at radius 1 is 1.00 bits per heavy atom. The summed E-state index contributed by atoms with van der Waals surface area (Å²) in [5.41, 5.74) is 2.14. The maximum absolute atomic E-state index is 10.6. The lowest BCUT2D eigenvalue weighted by Gasteiger charge is -2.33. The fraction of sp³-hybridized carbons (Fsp3) is 0.333. The van der Waals surface area contributed by atoms with Gasteiger partial charge >= 0.3 is 0 Å².